The van der Waals surface area contributed by atoms with Crippen molar-refractivity contribution in [3.05, 3.63) is 11.1 Å². The highest BCUT2D eigenvalue weighted by atomic mass is 35.5. The van der Waals surface area contributed by atoms with Gasteiger partial charge in [0, 0.05) is 25.0 Å². The first kappa shape index (κ1) is 17.6. The Bertz CT molecular complexity index is 722. The maximum atomic E-state index is 9.34. The van der Waals surface area contributed by atoms with Gasteiger partial charge in [0.15, 0.2) is 5.82 Å². The van der Waals surface area contributed by atoms with Crippen molar-refractivity contribution in [2.75, 3.05) is 23.3 Å². The highest BCUT2D eigenvalue weighted by molar-refractivity contribution is 6.33. The highest BCUT2D eigenvalue weighted by Gasteiger charge is 2.45. The van der Waals surface area contributed by atoms with E-state index in [2.05, 4.69) is 28.0 Å². The second-order valence-electron chi connectivity index (χ2n) is 7.84. The minimum Gasteiger partial charge on any atom is -0.379 e. The van der Waals surface area contributed by atoms with Gasteiger partial charge in [-0.05, 0) is 69.6 Å². The zero-order valence-corrected chi connectivity index (χ0v) is 15.9. The molecule has 6 heteroatoms. The molecule has 3 aliphatic rings. The van der Waals surface area contributed by atoms with E-state index in [4.69, 9.17) is 16.6 Å². The van der Waals surface area contributed by atoms with Gasteiger partial charge in [0.25, 0.3) is 0 Å². The number of aliphatic imine (C=N–C) groups is 1. The largest absolute Gasteiger partial charge is 0.379 e. The summed E-state index contributed by atoms with van der Waals surface area (Å²) in [6.07, 6.45) is 8.02. The van der Waals surface area contributed by atoms with Crippen LogP contribution >= 0.6 is 11.6 Å². The van der Waals surface area contributed by atoms with Gasteiger partial charge in [0.1, 0.15) is 5.82 Å². The minimum atomic E-state index is 0.229. The molecule has 1 aliphatic heterocycles. The summed E-state index contributed by atoms with van der Waals surface area (Å²) in [5, 5.41) is 13.7. The first-order valence-corrected chi connectivity index (χ1v) is 10.2. The third-order valence-electron chi connectivity index (χ3n) is 6.46. The number of rotatable bonds is 4. The molecule has 2 saturated carbocycles. The summed E-state index contributed by atoms with van der Waals surface area (Å²) in [7, 11) is 0. The molecule has 1 saturated heterocycles. The van der Waals surface area contributed by atoms with Gasteiger partial charge in [-0.3, -0.25) is 0 Å². The van der Waals surface area contributed by atoms with Crippen LogP contribution in [0.3, 0.4) is 0 Å². The van der Waals surface area contributed by atoms with E-state index in [1.54, 1.807) is 0 Å². The summed E-state index contributed by atoms with van der Waals surface area (Å²) in [5.74, 6) is 2.79. The van der Waals surface area contributed by atoms with Gasteiger partial charge in [-0.2, -0.15) is 5.26 Å². The van der Waals surface area contributed by atoms with Crippen molar-refractivity contribution >= 4 is 35.6 Å². The monoisotopic (exact) mass is 371 g/mol. The molecule has 2 aliphatic carbocycles. The molecule has 4 rings (SSSR count). The average Bonchev–Trinajstić information content (AvgIpc) is 3.25. The van der Waals surface area contributed by atoms with E-state index in [0.29, 0.717) is 28.7 Å². The molecule has 0 bridgehead atoms. The van der Waals surface area contributed by atoms with Crippen molar-refractivity contribution in [3.8, 4) is 6.07 Å². The Labute approximate surface area is 160 Å². The van der Waals surface area contributed by atoms with Crippen molar-refractivity contribution in [1.29, 1.82) is 5.26 Å². The van der Waals surface area contributed by atoms with E-state index < -0.39 is 0 Å². The zero-order valence-electron chi connectivity index (χ0n) is 15.1. The van der Waals surface area contributed by atoms with Crippen LogP contribution in [0, 0.1) is 29.1 Å². The molecule has 0 amide bonds. The molecule has 1 N–H and O–H groups in total. The molecule has 138 valence electrons. The Morgan fingerprint density at radius 3 is 2.69 bits per heavy atom. The maximum absolute atomic E-state index is 9.34. The van der Waals surface area contributed by atoms with Crippen LogP contribution in [0.25, 0.3) is 0 Å². The molecule has 0 aromatic carbocycles. The number of nitriles is 1. The summed E-state index contributed by atoms with van der Waals surface area (Å²) in [5.41, 5.74) is 0.872. The van der Waals surface area contributed by atoms with Crippen LogP contribution in [0.1, 0.15) is 44.9 Å². The summed E-state index contributed by atoms with van der Waals surface area (Å²) < 4.78 is 0. The molecule has 3 fully saturated rings. The number of aromatic nitrogens is 1. The molecule has 4 atom stereocenters. The van der Waals surface area contributed by atoms with Crippen LogP contribution in [0.15, 0.2) is 11.1 Å². The Kier molecular flexibility index (Phi) is 5.04. The number of hydrogen-bond acceptors (Lipinski definition) is 5. The van der Waals surface area contributed by atoms with E-state index in [-0.39, 0.29) is 5.92 Å². The topological polar surface area (TPSA) is 64.3 Å². The van der Waals surface area contributed by atoms with E-state index in [0.717, 1.165) is 50.3 Å². The molecule has 1 aromatic heterocycles. The van der Waals surface area contributed by atoms with Crippen molar-refractivity contribution in [3.63, 3.8) is 0 Å². The van der Waals surface area contributed by atoms with Gasteiger partial charge in [0.05, 0.1) is 16.8 Å². The summed E-state index contributed by atoms with van der Waals surface area (Å²) in [6, 6.07) is 4.84. The number of nitrogens with zero attached hydrogens (tertiary/aromatic N) is 4. The summed E-state index contributed by atoms with van der Waals surface area (Å²) >= 11 is 6.58. The standard InChI is InChI=1S/C20H26ClN5/c1-23-19-18(11-16(21)20(25-19)26-9-3-2-4-10-26)24-17-8-7-14-13(12-22)5-6-15(14)17/h11,13-15,17,24H,1-10H2. The van der Waals surface area contributed by atoms with Crippen molar-refractivity contribution in [1.82, 2.24) is 4.98 Å². The third kappa shape index (κ3) is 3.16. The van der Waals surface area contributed by atoms with Crippen molar-refractivity contribution in [2.45, 2.75) is 51.0 Å². The lowest BCUT2D eigenvalue weighted by Crippen LogP contribution is -2.30. The lowest BCUT2D eigenvalue weighted by atomic mass is 9.92. The molecule has 2 heterocycles. The van der Waals surface area contributed by atoms with Gasteiger partial charge in [-0.15, -0.1) is 0 Å². The van der Waals surface area contributed by atoms with Gasteiger partial charge in [0.2, 0.25) is 0 Å². The number of halogens is 1. The molecular weight excluding hydrogens is 346 g/mol. The predicted molar refractivity (Wildman–Crippen MR) is 106 cm³/mol. The van der Waals surface area contributed by atoms with E-state index >= 15 is 0 Å². The van der Waals surface area contributed by atoms with Crippen LogP contribution in [-0.4, -0.2) is 30.8 Å². The van der Waals surface area contributed by atoms with Gasteiger partial charge in [-0.25, -0.2) is 9.98 Å². The number of piperidine rings is 1. The minimum absolute atomic E-state index is 0.229. The second kappa shape index (κ2) is 7.44. The number of pyridine rings is 1. The van der Waals surface area contributed by atoms with Crippen LogP contribution in [-0.2, 0) is 0 Å². The molecule has 4 unspecified atom stereocenters. The molecule has 1 aromatic rings. The van der Waals surface area contributed by atoms with Gasteiger partial charge < -0.3 is 10.2 Å². The zero-order chi connectivity index (χ0) is 18.1. The average molecular weight is 372 g/mol. The number of fused-ring (bicyclic) bond motifs is 1. The van der Waals surface area contributed by atoms with Crippen LogP contribution in [0.5, 0.6) is 0 Å². The lowest BCUT2D eigenvalue weighted by Gasteiger charge is -2.29. The van der Waals surface area contributed by atoms with Crippen LogP contribution in [0.2, 0.25) is 5.02 Å². The Morgan fingerprint density at radius 2 is 1.96 bits per heavy atom. The Hall–Kier alpha value is -1.80. The first-order chi connectivity index (χ1) is 12.7. The molecule has 0 radical (unpaired) electrons. The fraction of sp³-hybridized carbons (Fsp3) is 0.650. The van der Waals surface area contributed by atoms with E-state index in [1.165, 1.54) is 19.3 Å². The Balaban J connectivity index is 1.54. The second-order valence-corrected chi connectivity index (χ2v) is 8.25. The fourth-order valence-corrected chi connectivity index (χ4v) is 5.43. The van der Waals surface area contributed by atoms with Crippen LogP contribution in [0.4, 0.5) is 17.3 Å². The maximum Gasteiger partial charge on any atom is 0.177 e. The summed E-state index contributed by atoms with van der Waals surface area (Å²) in [6.45, 7) is 5.71. The lowest BCUT2D eigenvalue weighted by molar-refractivity contribution is 0.397. The molecular formula is C20H26ClN5. The van der Waals surface area contributed by atoms with E-state index in [1.807, 2.05) is 6.07 Å². The first-order valence-electron chi connectivity index (χ1n) is 9.79. The van der Waals surface area contributed by atoms with E-state index in [9.17, 15) is 5.26 Å². The predicted octanol–water partition coefficient (Wildman–Crippen LogP) is 4.80. The normalized spacial score (nSPS) is 30.7. The summed E-state index contributed by atoms with van der Waals surface area (Å²) in [4.78, 5) is 11.1. The molecule has 0 spiro atoms. The highest BCUT2D eigenvalue weighted by Crippen LogP contribution is 2.49. The number of nitrogens with one attached hydrogen (secondary N) is 1. The van der Waals surface area contributed by atoms with Gasteiger partial charge in [-0.1, -0.05) is 11.6 Å². The van der Waals surface area contributed by atoms with Crippen LogP contribution < -0.4 is 10.2 Å². The number of anilines is 2. The molecule has 26 heavy (non-hydrogen) atoms. The quantitative estimate of drug-likeness (QED) is 0.772. The van der Waals surface area contributed by atoms with Crippen molar-refractivity contribution in [2.24, 2.45) is 22.7 Å². The fourth-order valence-electron chi connectivity index (χ4n) is 5.16. The smallest absolute Gasteiger partial charge is 0.177 e. The third-order valence-corrected chi connectivity index (χ3v) is 6.73. The van der Waals surface area contributed by atoms with Gasteiger partial charge >= 0.3 is 0 Å². The SMILES string of the molecule is C=Nc1nc(N2CCCCC2)c(Cl)cc1NC1CCC2C(C#N)CCC12. The van der Waals surface area contributed by atoms with Crippen molar-refractivity contribution < 1.29 is 0 Å². The molecule has 5 nitrogen and oxygen atoms in total. The number of hydrogen-bond donors (Lipinski definition) is 1. The Morgan fingerprint density at radius 1 is 1.19 bits per heavy atom.